The highest BCUT2D eigenvalue weighted by molar-refractivity contribution is 7.80. The molecule has 0 aromatic heterocycles. The van der Waals surface area contributed by atoms with Crippen LogP contribution in [0.5, 0.6) is 11.5 Å². The Labute approximate surface area is 179 Å². The first-order chi connectivity index (χ1) is 14.4. The summed E-state index contributed by atoms with van der Waals surface area (Å²) in [6.07, 6.45) is 0.360. The van der Waals surface area contributed by atoms with E-state index in [2.05, 4.69) is 21.5 Å². The smallest absolute Gasteiger partial charge is 0.269 e. The largest absolute Gasteiger partial charge is 0.493 e. The molecule has 0 atom stereocenters. The van der Waals surface area contributed by atoms with Crippen molar-refractivity contribution >= 4 is 40.7 Å². The zero-order chi connectivity index (χ0) is 21.9. The molecule has 2 rings (SSSR count). The van der Waals surface area contributed by atoms with Crippen molar-refractivity contribution < 1.29 is 23.9 Å². The standard InChI is InChI=1S/C20H22N4O5S/c1-3-17(25)21-14-10-8-13(9-11-14)19(27)23-24-20(30)22-18(26)12-29-16-7-5-4-6-15(16)28-2/h4-11H,3,12H2,1-2H3,(H,21,25)(H,23,27)(H2,22,24,26,30). The Morgan fingerprint density at radius 1 is 0.933 bits per heavy atom. The van der Waals surface area contributed by atoms with E-state index in [1.807, 2.05) is 0 Å². The van der Waals surface area contributed by atoms with Crippen LogP contribution in [0.1, 0.15) is 23.7 Å². The number of amides is 3. The van der Waals surface area contributed by atoms with Crippen molar-refractivity contribution in [2.45, 2.75) is 13.3 Å². The van der Waals surface area contributed by atoms with Gasteiger partial charge in [0.05, 0.1) is 7.11 Å². The SMILES string of the molecule is CCC(=O)Nc1ccc(C(=O)NNC(=S)NC(=O)COc2ccccc2OC)cc1. The van der Waals surface area contributed by atoms with Gasteiger partial charge in [-0.25, -0.2) is 0 Å². The Kier molecular flexibility index (Phi) is 8.57. The van der Waals surface area contributed by atoms with Crippen LogP contribution in [0.25, 0.3) is 0 Å². The lowest BCUT2D eigenvalue weighted by Crippen LogP contribution is -2.49. The second-order valence-corrected chi connectivity index (χ2v) is 6.28. The van der Waals surface area contributed by atoms with Crippen molar-refractivity contribution in [1.82, 2.24) is 16.2 Å². The Bertz CT molecular complexity index is 918. The summed E-state index contributed by atoms with van der Waals surface area (Å²) >= 11 is 4.97. The summed E-state index contributed by atoms with van der Waals surface area (Å²) in [5.74, 6) is -0.182. The Morgan fingerprint density at radius 3 is 2.23 bits per heavy atom. The van der Waals surface area contributed by atoms with E-state index >= 15 is 0 Å². The number of ether oxygens (including phenoxy) is 2. The van der Waals surface area contributed by atoms with Gasteiger partial charge in [0.15, 0.2) is 23.2 Å². The van der Waals surface area contributed by atoms with Gasteiger partial charge in [0.1, 0.15) is 0 Å². The number of methoxy groups -OCH3 is 1. The van der Waals surface area contributed by atoms with Crippen LogP contribution in [0.3, 0.4) is 0 Å². The number of anilines is 1. The third-order valence-electron chi connectivity index (χ3n) is 3.72. The second kappa shape index (κ2) is 11.4. The predicted molar refractivity (Wildman–Crippen MR) is 115 cm³/mol. The minimum Gasteiger partial charge on any atom is -0.493 e. The molecule has 3 amide bonds. The Balaban J connectivity index is 1.76. The minimum absolute atomic E-state index is 0.0937. The number of hydrogen-bond donors (Lipinski definition) is 4. The van der Waals surface area contributed by atoms with Crippen molar-refractivity contribution in [3.05, 3.63) is 54.1 Å². The van der Waals surface area contributed by atoms with Gasteiger partial charge in [0, 0.05) is 17.7 Å². The van der Waals surface area contributed by atoms with Crippen LogP contribution >= 0.6 is 12.2 Å². The van der Waals surface area contributed by atoms with E-state index in [-0.39, 0.29) is 17.6 Å². The monoisotopic (exact) mass is 430 g/mol. The van der Waals surface area contributed by atoms with Crippen LogP contribution in [0.2, 0.25) is 0 Å². The molecule has 0 saturated carbocycles. The number of benzene rings is 2. The van der Waals surface area contributed by atoms with Gasteiger partial charge in [-0.15, -0.1) is 0 Å². The van der Waals surface area contributed by atoms with Crippen LogP contribution in [-0.4, -0.2) is 36.6 Å². The van der Waals surface area contributed by atoms with Crippen molar-refractivity contribution in [1.29, 1.82) is 0 Å². The summed E-state index contributed by atoms with van der Waals surface area (Å²) < 4.78 is 10.5. The van der Waals surface area contributed by atoms with Gasteiger partial charge in [0.25, 0.3) is 11.8 Å². The Hall–Kier alpha value is -3.66. The van der Waals surface area contributed by atoms with Crippen molar-refractivity contribution in [3.8, 4) is 11.5 Å². The number of para-hydroxylation sites is 2. The third-order valence-corrected chi connectivity index (χ3v) is 3.93. The average molecular weight is 430 g/mol. The van der Waals surface area contributed by atoms with E-state index in [9.17, 15) is 14.4 Å². The lowest BCUT2D eigenvalue weighted by Gasteiger charge is -2.12. The molecule has 0 spiro atoms. The molecule has 2 aromatic rings. The van der Waals surface area contributed by atoms with Crippen molar-refractivity contribution in [3.63, 3.8) is 0 Å². The van der Waals surface area contributed by atoms with Crippen LogP contribution in [-0.2, 0) is 9.59 Å². The number of hydrazine groups is 1. The maximum atomic E-state index is 12.1. The molecule has 10 heteroatoms. The lowest BCUT2D eigenvalue weighted by molar-refractivity contribution is -0.121. The molecule has 0 saturated heterocycles. The van der Waals surface area contributed by atoms with Gasteiger partial charge in [-0.3, -0.25) is 30.6 Å². The van der Waals surface area contributed by atoms with Crippen LogP contribution in [0.15, 0.2) is 48.5 Å². The van der Waals surface area contributed by atoms with E-state index in [1.54, 1.807) is 55.5 Å². The summed E-state index contributed by atoms with van der Waals surface area (Å²) in [5.41, 5.74) is 5.74. The van der Waals surface area contributed by atoms with Gasteiger partial charge < -0.3 is 14.8 Å². The number of carbonyl (C=O) groups is 3. The summed E-state index contributed by atoms with van der Waals surface area (Å²) in [6, 6.07) is 13.2. The van der Waals surface area contributed by atoms with Gasteiger partial charge in [-0.2, -0.15) is 0 Å². The normalized spacial score (nSPS) is 9.80. The first kappa shape index (κ1) is 22.6. The molecule has 0 fully saturated rings. The van der Waals surface area contributed by atoms with Crippen LogP contribution in [0.4, 0.5) is 5.69 Å². The summed E-state index contributed by atoms with van der Waals surface area (Å²) in [6.45, 7) is 1.45. The van der Waals surface area contributed by atoms with E-state index in [0.29, 0.717) is 29.2 Å². The molecule has 0 aliphatic rings. The Morgan fingerprint density at radius 2 is 1.60 bits per heavy atom. The van der Waals surface area contributed by atoms with Crippen LogP contribution in [0, 0.1) is 0 Å². The number of thiocarbonyl (C=S) groups is 1. The molecule has 9 nitrogen and oxygen atoms in total. The molecule has 0 bridgehead atoms. The van der Waals surface area contributed by atoms with Crippen molar-refractivity contribution in [2.24, 2.45) is 0 Å². The fourth-order valence-corrected chi connectivity index (χ4v) is 2.38. The molecular formula is C20H22N4O5S. The molecule has 0 aliphatic heterocycles. The lowest BCUT2D eigenvalue weighted by atomic mass is 10.2. The summed E-state index contributed by atoms with van der Waals surface area (Å²) in [5, 5.41) is 4.98. The van der Waals surface area contributed by atoms with Gasteiger partial charge in [0.2, 0.25) is 5.91 Å². The second-order valence-electron chi connectivity index (χ2n) is 5.88. The predicted octanol–water partition coefficient (Wildman–Crippen LogP) is 1.76. The maximum absolute atomic E-state index is 12.1. The number of rotatable bonds is 7. The molecular weight excluding hydrogens is 408 g/mol. The molecule has 0 unspecified atom stereocenters. The third kappa shape index (κ3) is 7.06. The first-order valence-corrected chi connectivity index (χ1v) is 9.39. The highest BCUT2D eigenvalue weighted by Crippen LogP contribution is 2.25. The first-order valence-electron chi connectivity index (χ1n) is 8.98. The number of hydrogen-bond acceptors (Lipinski definition) is 6. The van der Waals surface area contributed by atoms with E-state index in [4.69, 9.17) is 21.7 Å². The molecule has 30 heavy (non-hydrogen) atoms. The molecule has 158 valence electrons. The maximum Gasteiger partial charge on any atom is 0.269 e. The molecule has 0 aliphatic carbocycles. The molecule has 4 N–H and O–H groups in total. The molecule has 0 radical (unpaired) electrons. The molecule has 0 heterocycles. The van der Waals surface area contributed by atoms with E-state index < -0.39 is 11.8 Å². The fourth-order valence-electron chi connectivity index (χ4n) is 2.22. The van der Waals surface area contributed by atoms with Gasteiger partial charge >= 0.3 is 0 Å². The van der Waals surface area contributed by atoms with Gasteiger partial charge in [-0.1, -0.05) is 19.1 Å². The van der Waals surface area contributed by atoms with E-state index in [0.717, 1.165) is 0 Å². The number of nitrogens with one attached hydrogen (secondary N) is 4. The average Bonchev–Trinajstić information content (AvgIpc) is 2.76. The molecule has 2 aromatic carbocycles. The summed E-state index contributed by atoms with van der Waals surface area (Å²) in [7, 11) is 1.50. The highest BCUT2D eigenvalue weighted by Gasteiger charge is 2.10. The highest BCUT2D eigenvalue weighted by atomic mass is 32.1. The fraction of sp³-hybridized carbons (Fsp3) is 0.200. The van der Waals surface area contributed by atoms with E-state index in [1.165, 1.54) is 7.11 Å². The van der Waals surface area contributed by atoms with Crippen LogP contribution < -0.4 is 31.0 Å². The quantitative estimate of drug-likeness (QED) is 0.390. The number of carbonyl (C=O) groups excluding carboxylic acids is 3. The van der Waals surface area contributed by atoms with Gasteiger partial charge in [-0.05, 0) is 48.6 Å². The zero-order valence-electron chi connectivity index (χ0n) is 16.5. The van der Waals surface area contributed by atoms with Crippen molar-refractivity contribution in [2.75, 3.05) is 19.0 Å². The topological polar surface area (TPSA) is 118 Å². The minimum atomic E-state index is -0.510. The zero-order valence-corrected chi connectivity index (χ0v) is 17.3. The summed E-state index contributed by atoms with van der Waals surface area (Å²) in [4.78, 5) is 35.4.